The minimum Gasteiger partial charge on any atom is -0.480 e. The van der Waals surface area contributed by atoms with Crippen LogP contribution in [0.25, 0.3) is 0 Å². The summed E-state index contributed by atoms with van der Waals surface area (Å²) in [5.74, 6) is -1.92. The van der Waals surface area contributed by atoms with E-state index in [0.29, 0.717) is 0 Å². The first-order valence-corrected chi connectivity index (χ1v) is 7.25. The number of amides is 1. The van der Waals surface area contributed by atoms with Crippen LogP contribution in [0.15, 0.2) is 52.2 Å². The summed E-state index contributed by atoms with van der Waals surface area (Å²) in [5, 5.41) is 11.0. The first-order valence-electron chi connectivity index (χ1n) is 7.25. The summed E-state index contributed by atoms with van der Waals surface area (Å²) < 4.78 is 2.08. The molecule has 2 rings (SSSR count). The number of rotatable bonds is 6. The van der Waals surface area contributed by atoms with E-state index in [1.54, 1.807) is 0 Å². The summed E-state index contributed by atoms with van der Waals surface area (Å²) in [6.07, 6.45) is 1.37. The molecule has 24 heavy (non-hydrogen) atoms. The number of benzene rings is 1. The van der Waals surface area contributed by atoms with Crippen molar-refractivity contribution in [3.63, 3.8) is 0 Å². The van der Waals surface area contributed by atoms with E-state index < -0.39 is 35.7 Å². The molecule has 1 heterocycles. The Labute approximate surface area is 137 Å². The van der Waals surface area contributed by atoms with Gasteiger partial charge in [0.15, 0.2) is 0 Å². The Kier molecular flexibility index (Phi) is 5.31. The fourth-order valence-corrected chi connectivity index (χ4v) is 2.10. The van der Waals surface area contributed by atoms with Gasteiger partial charge in [-0.05, 0) is 12.5 Å². The lowest BCUT2D eigenvalue weighted by atomic mass is 10.2. The van der Waals surface area contributed by atoms with Gasteiger partial charge in [0.25, 0.3) is 5.56 Å². The first kappa shape index (κ1) is 17.2. The average Bonchev–Trinajstić information content (AvgIpc) is 2.55. The molecule has 1 aromatic carbocycles. The van der Waals surface area contributed by atoms with Gasteiger partial charge in [-0.2, -0.15) is 0 Å². The predicted molar refractivity (Wildman–Crippen MR) is 85.7 cm³/mol. The Morgan fingerprint density at radius 2 is 1.83 bits per heavy atom. The molecule has 2 N–H and O–H groups in total. The van der Waals surface area contributed by atoms with Gasteiger partial charge in [-0.15, -0.1) is 0 Å². The Hall–Kier alpha value is -3.16. The number of carboxylic acid groups (broad SMARTS) is 1. The van der Waals surface area contributed by atoms with Gasteiger partial charge >= 0.3 is 11.7 Å². The van der Waals surface area contributed by atoms with Crippen LogP contribution in [0.5, 0.6) is 0 Å². The molecule has 0 aliphatic carbocycles. The number of aliphatic carboxylic acids is 1. The standard InChI is InChI=1S/C16H17N3O5/c1-11(15(22)23)17-13(20)10-19-14(21)7-8-18(16(19)24)9-12-5-3-2-4-6-12/h2-8,11H,9-10H2,1H3,(H,17,20)(H,22,23)/t11-/m1/s1. The number of carbonyl (C=O) groups excluding carboxylic acids is 1. The van der Waals surface area contributed by atoms with Gasteiger partial charge in [0, 0.05) is 12.3 Å². The highest BCUT2D eigenvalue weighted by Crippen LogP contribution is 1.99. The van der Waals surface area contributed by atoms with E-state index in [4.69, 9.17) is 5.11 Å². The van der Waals surface area contributed by atoms with Crippen molar-refractivity contribution in [2.45, 2.75) is 26.1 Å². The van der Waals surface area contributed by atoms with Crippen molar-refractivity contribution in [2.24, 2.45) is 0 Å². The van der Waals surface area contributed by atoms with Crippen LogP contribution in [-0.2, 0) is 22.7 Å². The number of nitrogens with one attached hydrogen (secondary N) is 1. The Morgan fingerprint density at radius 1 is 1.17 bits per heavy atom. The number of carboxylic acids is 1. The molecule has 0 fully saturated rings. The highest BCUT2D eigenvalue weighted by molar-refractivity contribution is 5.83. The van der Waals surface area contributed by atoms with Gasteiger partial charge < -0.3 is 10.4 Å². The molecule has 8 nitrogen and oxygen atoms in total. The lowest BCUT2D eigenvalue weighted by Crippen LogP contribution is -2.46. The minimum absolute atomic E-state index is 0.257. The SMILES string of the molecule is C[C@@H](NC(=O)Cn1c(=O)ccn(Cc2ccccc2)c1=O)C(=O)O. The van der Waals surface area contributed by atoms with Crippen molar-refractivity contribution in [3.8, 4) is 0 Å². The lowest BCUT2D eigenvalue weighted by molar-refractivity contribution is -0.141. The van der Waals surface area contributed by atoms with Gasteiger partial charge in [0.05, 0.1) is 6.54 Å². The number of nitrogens with zero attached hydrogens (tertiary/aromatic N) is 2. The maximum atomic E-state index is 12.4. The zero-order valence-electron chi connectivity index (χ0n) is 13.0. The third-order valence-electron chi connectivity index (χ3n) is 3.39. The van der Waals surface area contributed by atoms with Crippen molar-refractivity contribution in [1.29, 1.82) is 0 Å². The molecule has 8 heteroatoms. The Bertz CT molecular complexity index is 854. The normalized spacial score (nSPS) is 11.7. The zero-order valence-corrected chi connectivity index (χ0v) is 13.0. The molecule has 126 valence electrons. The van der Waals surface area contributed by atoms with E-state index in [1.165, 1.54) is 23.8 Å². The van der Waals surface area contributed by atoms with Crippen LogP contribution in [-0.4, -0.2) is 32.2 Å². The van der Waals surface area contributed by atoms with Crippen LogP contribution in [0.3, 0.4) is 0 Å². The molecular formula is C16H17N3O5. The number of aromatic nitrogens is 2. The Morgan fingerprint density at radius 3 is 2.46 bits per heavy atom. The highest BCUT2D eigenvalue weighted by Gasteiger charge is 2.16. The Balaban J connectivity index is 2.23. The van der Waals surface area contributed by atoms with E-state index in [1.807, 2.05) is 30.3 Å². The predicted octanol–water partition coefficient (Wildman–Crippen LogP) is -0.352. The minimum atomic E-state index is -1.20. The molecule has 0 aliphatic rings. The smallest absolute Gasteiger partial charge is 0.331 e. The van der Waals surface area contributed by atoms with Gasteiger partial charge in [0.2, 0.25) is 5.91 Å². The fraction of sp³-hybridized carbons (Fsp3) is 0.250. The van der Waals surface area contributed by atoms with Gasteiger partial charge in [-0.1, -0.05) is 30.3 Å². The topological polar surface area (TPSA) is 110 Å². The quantitative estimate of drug-likeness (QED) is 0.751. The van der Waals surface area contributed by atoms with Gasteiger partial charge in [-0.25, -0.2) is 4.79 Å². The van der Waals surface area contributed by atoms with Crippen molar-refractivity contribution >= 4 is 11.9 Å². The molecule has 0 radical (unpaired) electrons. The second-order valence-corrected chi connectivity index (χ2v) is 5.26. The molecule has 0 bridgehead atoms. The van der Waals surface area contributed by atoms with Crippen molar-refractivity contribution < 1.29 is 14.7 Å². The number of carbonyl (C=O) groups is 2. The molecule has 0 saturated carbocycles. The van der Waals surface area contributed by atoms with E-state index >= 15 is 0 Å². The molecule has 0 saturated heterocycles. The third kappa shape index (κ3) is 4.19. The van der Waals surface area contributed by atoms with Crippen LogP contribution < -0.4 is 16.6 Å². The lowest BCUT2D eigenvalue weighted by Gasteiger charge is -2.12. The monoisotopic (exact) mass is 331 g/mol. The maximum Gasteiger partial charge on any atom is 0.331 e. The number of hydrogen-bond acceptors (Lipinski definition) is 4. The van der Waals surface area contributed by atoms with Crippen LogP contribution in [0.2, 0.25) is 0 Å². The van der Waals surface area contributed by atoms with E-state index in [-0.39, 0.29) is 6.54 Å². The molecule has 1 amide bonds. The van der Waals surface area contributed by atoms with Crippen LogP contribution in [0.4, 0.5) is 0 Å². The second kappa shape index (κ2) is 7.40. The molecule has 1 aromatic heterocycles. The molecule has 0 aliphatic heterocycles. The van der Waals surface area contributed by atoms with Gasteiger partial charge in [0.1, 0.15) is 12.6 Å². The molecule has 0 spiro atoms. The summed E-state index contributed by atoms with van der Waals surface area (Å²) in [6, 6.07) is 9.27. The maximum absolute atomic E-state index is 12.4. The summed E-state index contributed by atoms with van der Waals surface area (Å²) in [5.41, 5.74) is -0.388. The molecule has 0 unspecified atom stereocenters. The van der Waals surface area contributed by atoms with Crippen molar-refractivity contribution in [3.05, 3.63) is 69.0 Å². The average molecular weight is 331 g/mol. The summed E-state index contributed by atoms with van der Waals surface area (Å²) >= 11 is 0. The van der Waals surface area contributed by atoms with Crippen molar-refractivity contribution in [2.75, 3.05) is 0 Å². The summed E-state index contributed by atoms with van der Waals surface area (Å²) in [6.45, 7) is 1.01. The van der Waals surface area contributed by atoms with E-state index in [2.05, 4.69) is 5.32 Å². The van der Waals surface area contributed by atoms with Crippen LogP contribution in [0.1, 0.15) is 12.5 Å². The van der Waals surface area contributed by atoms with Crippen LogP contribution >= 0.6 is 0 Å². The largest absolute Gasteiger partial charge is 0.480 e. The zero-order chi connectivity index (χ0) is 17.7. The first-order chi connectivity index (χ1) is 11.4. The summed E-state index contributed by atoms with van der Waals surface area (Å²) in [7, 11) is 0. The van der Waals surface area contributed by atoms with Crippen molar-refractivity contribution in [1.82, 2.24) is 14.5 Å². The molecular weight excluding hydrogens is 314 g/mol. The second-order valence-electron chi connectivity index (χ2n) is 5.26. The van der Waals surface area contributed by atoms with Gasteiger partial charge in [-0.3, -0.25) is 23.5 Å². The fourth-order valence-electron chi connectivity index (χ4n) is 2.10. The van der Waals surface area contributed by atoms with Crippen LogP contribution in [0, 0.1) is 0 Å². The molecule has 2 aromatic rings. The van der Waals surface area contributed by atoms with E-state index in [0.717, 1.165) is 10.1 Å². The number of hydrogen-bond donors (Lipinski definition) is 2. The third-order valence-corrected chi connectivity index (χ3v) is 3.39. The highest BCUT2D eigenvalue weighted by atomic mass is 16.4. The van der Waals surface area contributed by atoms with E-state index in [9.17, 15) is 19.2 Å². The summed E-state index contributed by atoms with van der Waals surface area (Å²) in [4.78, 5) is 46.8. The molecule has 1 atom stereocenters.